The van der Waals surface area contributed by atoms with Crippen molar-refractivity contribution in [1.29, 1.82) is 0 Å². The number of unbranched alkanes of at least 4 members (excludes halogenated alkanes) is 24. The minimum atomic E-state index is -1.43. The minimum Gasteiger partial charge on any atom is -0.417 e. The first-order valence-electron chi connectivity index (χ1n) is 17.6. The van der Waals surface area contributed by atoms with E-state index in [1.807, 2.05) is 0 Å². The molecule has 0 heterocycles. The number of hydrogen-bond donors (Lipinski definition) is 0. The highest BCUT2D eigenvalue weighted by Crippen LogP contribution is 2.41. The van der Waals surface area contributed by atoms with Gasteiger partial charge in [0.15, 0.2) is 0 Å². The summed E-state index contributed by atoms with van der Waals surface area (Å²) in [7, 11) is -1.43. The molecule has 40 heavy (non-hydrogen) atoms. The zero-order chi connectivity index (χ0) is 29.0. The molecule has 0 aliphatic rings. The molecule has 3 nitrogen and oxygen atoms in total. The Labute approximate surface area is 253 Å². The largest absolute Gasteiger partial charge is 0.528 e. The van der Waals surface area contributed by atoms with Gasteiger partial charge < -0.3 is 13.6 Å². The van der Waals surface area contributed by atoms with Crippen molar-refractivity contribution in [2.24, 2.45) is 0 Å². The van der Waals surface area contributed by atoms with E-state index in [9.17, 15) is 0 Å². The molecule has 0 aromatic heterocycles. The quantitative estimate of drug-likeness (QED) is 0.0439. The first-order valence-corrected chi connectivity index (χ1v) is 18.7. The van der Waals surface area contributed by atoms with E-state index in [4.69, 9.17) is 13.6 Å². The minimum absolute atomic E-state index is 1.06. The second-order valence-corrected chi connectivity index (χ2v) is 12.5. The molecule has 0 unspecified atom stereocenters. The van der Waals surface area contributed by atoms with E-state index in [-0.39, 0.29) is 0 Å². The topological polar surface area (TPSA) is 27.7 Å². The van der Waals surface area contributed by atoms with Crippen LogP contribution < -0.4 is 0 Å². The fourth-order valence-electron chi connectivity index (χ4n) is 4.75. The van der Waals surface area contributed by atoms with Crippen LogP contribution in [0, 0.1) is 0 Å². The molecule has 0 aromatic rings. The summed E-state index contributed by atoms with van der Waals surface area (Å²) in [6.45, 7) is 6.83. The fourth-order valence-corrected chi connectivity index (χ4v) is 5.45. The van der Waals surface area contributed by atoms with Crippen LogP contribution in [0.15, 0.2) is 37.0 Å². The van der Waals surface area contributed by atoms with Crippen LogP contribution in [0.3, 0.4) is 0 Å². The summed E-state index contributed by atoms with van der Waals surface area (Å²) < 4.78 is 17.5. The van der Waals surface area contributed by atoms with Gasteiger partial charge in [-0.3, -0.25) is 0 Å². The molecule has 0 bridgehead atoms. The highest BCUT2D eigenvalue weighted by molar-refractivity contribution is 7.42. The van der Waals surface area contributed by atoms with Crippen LogP contribution in [0.4, 0.5) is 0 Å². The summed E-state index contributed by atoms with van der Waals surface area (Å²) in [4.78, 5) is 0. The maximum atomic E-state index is 5.84. The third-order valence-electron chi connectivity index (χ3n) is 7.40. The lowest BCUT2D eigenvalue weighted by atomic mass is 10.1. The van der Waals surface area contributed by atoms with Gasteiger partial charge in [-0.25, -0.2) is 0 Å². The summed E-state index contributed by atoms with van der Waals surface area (Å²) >= 11 is 0. The van der Waals surface area contributed by atoms with E-state index in [2.05, 4.69) is 39.0 Å². The van der Waals surface area contributed by atoms with Crippen molar-refractivity contribution < 1.29 is 13.6 Å². The average molecular weight is 581 g/mol. The first kappa shape index (κ1) is 39.0. The van der Waals surface area contributed by atoms with Gasteiger partial charge in [-0.05, 0) is 56.8 Å². The molecular weight excluding hydrogens is 511 g/mol. The van der Waals surface area contributed by atoms with Crippen molar-refractivity contribution in [3.8, 4) is 0 Å². The van der Waals surface area contributed by atoms with E-state index in [1.54, 1.807) is 18.8 Å². The highest BCUT2D eigenvalue weighted by Gasteiger charge is 2.11. The lowest BCUT2D eigenvalue weighted by molar-refractivity contribution is 0.302. The zero-order valence-electron chi connectivity index (χ0n) is 27.2. The van der Waals surface area contributed by atoms with Crippen molar-refractivity contribution >= 4 is 8.60 Å². The highest BCUT2D eigenvalue weighted by atomic mass is 31.2. The van der Waals surface area contributed by atoms with Crippen LogP contribution in [0.5, 0.6) is 0 Å². The molecule has 0 aromatic carbocycles. The zero-order valence-corrected chi connectivity index (χ0v) is 28.1. The van der Waals surface area contributed by atoms with Gasteiger partial charge in [0.1, 0.15) is 0 Å². The Kier molecular flexibility index (Phi) is 35.2. The van der Waals surface area contributed by atoms with E-state index >= 15 is 0 Å². The Hall–Kier alpha value is -0.950. The lowest BCUT2D eigenvalue weighted by Gasteiger charge is -2.11. The monoisotopic (exact) mass is 580 g/mol. The SMILES string of the molecule is CCCCCCCCCCC=COP(OC=CCCCCCCCCCC)OC=CCCCCCCCCCC. The molecule has 0 rings (SSSR count). The van der Waals surface area contributed by atoms with Crippen molar-refractivity contribution in [3.63, 3.8) is 0 Å². The average Bonchev–Trinajstić information content (AvgIpc) is 2.97. The maximum Gasteiger partial charge on any atom is 0.528 e. The van der Waals surface area contributed by atoms with Crippen LogP contribution in [-0.4, -0.2) is 0 Å². The number of allylic oxidation sites excluding steroid dienone is 3. The third kappa shape index (κ3) is 33.3. The molecule has 236 valence electrons. The second-order valence-electron chi connectivity index (χ2n) is 11.4. The normalized spacial score (nSPS) is 12.7. The van der Waals surface area contributed by atoms with E-state index in [0.717, 1.165) is 19.3 Å². The van der Waals surface area contributed by atoms with Gasteiger partial charge in [0, 0.05) is 0 Å². The van der Waals surface area contributed by atoms with Crippen LogP contribution in [0.2, 0.25) is 0 Å². The van der Waals surface area contributed by atoms with E-state index in [1.165, 1.54) is 154 Å². The molecule has 0 amide bonds. The Balaban J connectivity index is 4.14. The van der Waals surface area contributed by atoms with E-state index in [0.29, 0.717) is 0 Å². The molecule has 4 heteroatoms. The Morgan fingerprint density at radius 1 is 0.325 bits per heavy atom. The molecule has 0 saturated heterocycles. The Morgan fingerprint density at radius 3 is 0.800 bits per heavy atom. The number of rotatable bonds is 33. The van der Waals surface area contributed by atoms with Gasteiger partial charge in [-0.2, -0.15) is 0 Å². The molecular formula is C36H69O3P. The van der Waals surface area contributed by atoms with E-state index < -0.39 is 8.60 Å². The van der Waals surface area contributed by atoms with Crippen LogP contribution in [-0.2, 0) is 13.6 Å². The van der Waals surface area contributed by atoms with Gasteiger partial charge >= 0.3 is 8.60 Å². The second kappa shape index (κ2) is 36.1. The maximum absolute atomic E-state index is 5.84. The third-order valence-corrected chi connectivity index (χ3v) is 8.28. The Morgan fingerprint density at radius 2 is 0.550 bits per heavy atom. The number of hydrogen-bond acceptors (Lipinski definition) is 3. The molecule has 0 atom stereocenters. The molecule has 0 aliphatic carbocycles. The molecule has 0 fully saturated rings. The first-order chi connectivity index (χ1) is 19.8. The summed E-state index contributed by atoms with van der Waals surface area (Å²) in [5.41, 5.74) is 0. The summed E-state index contributed by atoms with van der Waals surface area (Å²) in [6, 6.07) is 0. The van der Waals surface area contributed by atoms with Gasteiger partial charge in [-0.1, -0.05) is 156 Å². The van der Waals surface area contributed by atoms with Crippen molar-refractivity contribution in [2.75, 3.05) is 0 Å². The van der Waals surface area contributed by atoms with Gasteiger partial charge in [0.2, 0.25) is 0 Å². The van der Waals surface area contributed by atoms with Gasteiger partial charge in [0.05, 0.1) is 18.8 Å². The van der Waals surface area contributed by atoms with Crippen molar-refractivity contribution in [1.82, 2.24) is 0 Å². The molecule has 0 radical (unpaired) electrons. The van der Waals surface area contributed by atoms with Gasteiger partial charge in [-0.15, -0.1) is 0 Å². The summed E-state index contributed by atoms with van der Waals surface area (Å²) in [6.07, 6.45) is 47.2. The molecule has 0 aliphatic heterocycles. The molecule has 0 N–H and O–H groups in total. The predicted octanol–water partition coefficient (Wildman–Crippen LogP) is 14.4. The molecule has 0 spiro atoms. The summed E-state index contributed by atoms with van der Waals surface area (Å²) in [5.74, 6) is 0. The standard InChI is InChI=1S/C36H69O3P/c1-4-7-10-13-16-19-22-25-28-31-34-37-40(38-35-32-29-26-23-20-17-14-11-8-5-2)39-36-33-30-27-24-21-18-15-12-9-6-3/h31-36H,4-30H2,1-3H3. The Bertz CT molecular complexity index is 470. The summed E-state index contributed by atoms with van der Waals surface area (Å²) in [5, 5.41) is 0. The van der Waals surface area contributed by atoms with Crippen molar-refractivity contribution in [2.45, 2.75) is 194 Å². The predicted molar refractivity (Wildman–Crippen MR) is 179 cm³/mol. The van der Waals surface area contributed by atoms with Crippen LogP contribution in [0.1, 0.15) is 194 Å². The van der Waals surface area contributed by atoms with Crippen LogP contribution >= 0.6 is 8.60 Å². The van der Waals surface area contributed by atoms with Crippen molar-refractivity contribution in [3.05, 3.63) is 37.0 Å². The van der Waals surface area contributed by atoms with Crippen LogP contribution in [0.25, 0.3) is 0 Å². The fraction of sp³-hybridized carbons (Fsp3) is 0.833. The molecule has 0 saturated carbocycles. The smallest absolute Gasteiger partial charge is 0.417 e. The lowest BCUT2D eigenvalue weighted by Crippen LogP contribution is -1.84. The van der Waals surface area contributed by atoms with Gasteiger partial charge in [0.25, 0.3) is 0 Å².